The number of hydrogen-bond donors (Lipinski definition) is 2. The molecule has 0 unspecified atom stereocenters. The Morgan fingerprint density at radius 3 is 2.83 bits per heavy atom. The van der Waals surface area contributed by atoms with Gasteiger partial charge in [0.25, 0.3) is 5.95 Å². The van der Waals surface area contributed by atoms with Crippen molar-refractivity contribution in [1.82, 2.24) is 20.2 Å². The van der Waals surface area contributed by atoms with Gasteiger partial charge in [-0.1, -0.05) is 43.3 Å². The molecule has 0 amide bonds. The Kier molecular flexibility index (Phi) is 4.48. The Morgan fingerprint density at radius 1 is 1.07 bits per heavy atom. The molecular weight excluding hydrogens is 376 g/mol. The summed E-state index contributed by atoms with van der Waals surface area (Å²) < 4.78 is 5.50. The molecule has 5 rings (SSSR count). The molecule has 0 aliphatic rings. The van der Waals surface area contributed by atoms with E-state index in [2.05, 4.69) is 61.9 Å². The van der Waals surface area contributed by atoms with Gasteiger partial charge in [0.1, 0.15) is 11.3 Å². The highest BCUT2D eigenvalue weighted by Crippen LogP contribution is 2.27. The highest BCUT2D eigenvalue weighted by Gasteiger charge is 2.10. The number of rotatable bonds is 5. The highest BCUT2D eigenvalue weighted by atomic mass is 16.5. The zero-order valence-electron chi connectivity index (χ0n) is 16.7. The Hall–Kier alpha value is -4.00. The van der Waals surface area contributed by atoms with Crippen molar-refractivity contribution < 1.29 is 4.74 Å². The number of aryl methyl sites for hydroxylation is 1. The third-order valence-electron chi connectivity index (χ3n) is 5.20. The molecule has 0 atom stereocenters. The summed E-state index contributed by atoms with van der Waals surface area (Å²) in [6.45, 7) is 2.13. The van der Waals surface area contributed by atoms with Gasteiger partial charge >= 0.3 is 0 Å². The molecule has 0 spiro atoms. The predicted octanol–water partition coefficient (Wildman–Crippen LogP) is 4.68. The van der Waals surface area contributed by atoms with Gasteiger partial charge in [-0.2, -0.15) is 10.1 Å². The first-order valence-corrected chi connectivity index (χ1v) is 9.76. The second-order valence-electron chi connectivity index (χ2n) is 6.96. The van der Waals surface area contributed by atoms with Crippen molar-refractivity contribution in [3.8, 4) is 5.75 Å². The first-order chi connectivity index (χ1) is 14.8. The minimum Gasteiger partial charge on any atom is -0.496 e. The Morgan fingerprint density at radius 2 is 1.97 bits per heavy atom. The fraction of sp³-hybridized carbons (Fsp3) is 0.130. The zero-order valence-corrected chi connectivity index (χ0v) is 16.7. The first kappa shape index (κ1) is 18.1. The van der Waals surface area contributed by atoms with Crippen LogP contribution in [0.25, 0.3) is 32.8 Å². The number of aromatic nitrogens is 4. The number of aromatic amines is 1. The number of hydrazone groups is 1. The number of methoxy groups -OCH3 is 1. The van der Waals surface area contributed by atoms with E-state index in [4.69, 9.17) is 4.74 Å². The molecule has 0 aliphatic carbocycles. The van der Waals surface area contributed by atoms with Gasteiger partial charge in [-0.05, 0) is 41.0 Å². The summed E-state index contributed by atoms with van der Waals surface area (Å²) in [6.07, 6.45) is 2.68. The number of nitrogens with one attached hydrogen (secondary N) is 2. The molecular formula is C23H20N6O. The highest BCUT2D eigenvalue weighted by molar-refractivity contribution is 6.04. The average Bonchev–Trinajstić information content (AvgIpc) is 3.16. The quantitative estimate of drug-likeness (QED) is 0.333. The van der Waals surface area contributed by atoms with Gasteiger partial charge in [0, 0.05) is 16.5 Å². The molecule has 0 saturated heterocycles. The van der Waals surface area contributed by atoms with Crippen LogP contribution in [0, 0.1) is 0 Å². The van der Waals surface area contributed by atoms with Crippen LogP contribution in [-0.2, 0) is 6.42 Å². The van der Waals surface area contributed by atoms with Crippen molar-refractivity contribution in [1.29, 1.82) is 0 Å². The molecule has 0 bridgehead atoms. The van der Waals surface area contributed by atoms with Crippen LogP contribution in [0.3, 0.4) is 0 Å². The molecule has 30 heavy (non-hydrogen) atoms. The monoisotopic (exact) mass is 396 g/mol. The maximum absolute atomic E-state index is 5.50. The third kappa shape index (κ3) is 3.10. The SMILES string of the molecule is CCc1ccc2[nH]c3nc(N/N=C/c4c(OC)ccc5ccccc45)nnc3c2c1. The van der Waals surface area contributed by atoms with E-state index in [9.17, 15) is 0 Å². The summed E-state index contributed by atoms with van der Waals surface area (Å²) >= 11 is 0. The summed E-state index contributed by atoms with van der Waals surface area (Å²) in [5.74, 6) is 1.07. The number of ether oxygens (including phenoxy) is 1. The topological polar surface area (TPSA) is 88.1 Å². The van der Waals surface area contributed by atoms with E-state index in [0.29, 0.717) is 11.6 Å². The van der Waals surface area contributed by atoms with E-state index in [1.54, 1.807) is 13.3 Å². The van der Waals surface area contributed by atoms with Gasteiger partial charge in [-0.3, -0.25) is 0 Å². The smallest absolute Gasteiger partial charge is 0.265 e. The van der Waals surface area contributed by atoms with E-state index in [0.717, 1.165) is 44.9 Å². The molecule has 5 aromatic rings. The number of hydrogen-bond acceptors (Lipinski definition) is 6. The van der Waals surface area contributed by atoms with Crippen molar-refractivity contribution in [2.24, 2.45) is 5.10 Å². The zero-order chi connectivity index (χ0) is 20.5. The number of anilines is 1. The molecule has 2 heterocycles. The molecule has 7 heteroatoms. The Labute approximate surface area is 172 Å². The van der Waals surface area contributed by atoms with Crippen LogP contribution < -0.4 is 10.2 Å². The minimum atomic E-state index is 0.320. The van der Waals surface area contributed by atoms with Gasteiger partial charge in [0.2, 0.25) is 0 Å². The van der Waals surface area contributed by atoms with Gasteiger partial charge in [-0.25, -0.2) is 5.43 Å². The van der Waals surface area contributed by atoms with Crippen molar-refractivity contribution in [2.75, 3.05) is 12.5 Å². The largest absolute Gasteiger partial charge is 0.496 e. The van der Waals surface area contributed by atoms with Crippen LogP contribution in [0.4, 0.5) is 5.95 Å². The van der Waals surface area contributed by atoms with Gasteiger partial charge in [0.15, 0.2) is 5.65 Å². The number of benzene rings is 3. The van der Waals surface area contributed by atoms with E-state index in [-0.39, 0.29) is 0 Å². The second kappa shape index (κ2) is 7.44. The summed E-state index contributed by atoms with van der Waals surface area (Å²) in [5, 5.41) is 16.1. The molecule has 0 aliphatic heterocycles. The molecule has 3 aromatic carbocycles. The van der Waals surface area contributed by atoms with Crippen LogP contribution in [0.2, 0.25) is 0 Å². The minimum absolute atomic E-state index is 0.320. The van der Waals surface area contributed by atoms with E-state index in [1.807, 2.05) is 30.3 Å². The third-order valence-corrected chi connectivity index (χ3v) is 5.20. The van der Waals surface area contributed by atoms with Gasteiger partial charge < -0.3 is 9.72 Å². The lowest BCUT2D eigenvalue weighted by Gasteiger charge is -2.08. The molecule has 0 radical (unpaired) electrons. The summed E-state index contributed by atoms with van der Waals surface area (Å²) in [5.41, 5.74) is 7.43. The Balaban J connectivity index is 1.47. The fourth-order valence-corrected chi connectivity index (χ4v) is 3.63. The van der Waals surface area contributed by atoms with Crippen LogP contribution >= 0.6 is 0 Å². The summed E-state index contributed by atoms with van der Waals surface area (Å²) in [4.78, 5) is 7.81. The summed E-state index contributed by atoms with van der Waals surface area (Å²) in [7, 11) is 1.65. The first-order valence-electron chi connectivity index (χ1n) is 9.76. The van der Waals surface area contributed by atoms with E-state index < -0.39 is 0 Å². The van der Waals surface area contributed by atoms with Gasteiger partial charge in [0.05, 0.1) is 13.3 Å². The number of nitrogens with zero attached hydrogens (tertiary/aromatic N) is 4. The molecule has 2 aromatic heterocycles. The van der Waals surface area contributed by atoms with Crippen molar-refractivity contribution in [2.45, 2.75) is 13.3 Å². The van der Waals surface area contributed by atoms with Crippen LogP contribution in [-0.4, -0.2) is 33.5 Å². The van der Waals surface area contributed by atoms with Crippen molar-refractivity contribution >= 4 is 45.0 Å². The summed E-state index contributed by atoms with van der Waals surface area (Å²) in [6, 6.07) is 18.3. The predicted molar refractivity (Wildman–Crippen MR) is 120 cm³/mol. The van der Waals surface area contributed by atoms with Crippen molar-refractivity contribution in [3.63, 3.8) is 0 Å². The fourth-order valence-electron chi connectivity index (χ4n) is 3.63. The van der Waals surface area contributed by atoms with Crippen LogP contribution in [0.1, 0.15) is 18.1 Å². The van der Waals surface area contributed by atoms with Gasteiger partial charge in [-0.15, -0.1) is 10.2 Å². The van der Waals surface area contributed by atoms with Crippen LogP contribution in [0.5, 0.6) is 5.75 Å². The lowest BCUT2D eigenvalue weighted by molar-refractivity contribution is 0.415. The number of fused-ring (bicyclic) bond motifs is 4. The normalized spacial score (nSPS) is 11.7. The maximum atomic E-state index is 5.50. The van der Waals surface area contributed by atoms with Crippen molar-refractivity contribution in [3.05, 3.63) is 65.7 Å². The Bertz CT molecular complexity index is 1410. The maximum Gasteiger partial charge on any atom is 0.265 e. The average molecular weight is 396 g/mol. The van der Waals surface area contributed by atoms with E-state index in [1.165, 1.54) is 5.56 Å². The standard InChI is InChI=1S/C23H20N6O/c1-3-14-8-10-19-17(12-14)21-22(25-19)26-23(29-27-21)28-24-13-18-16-7-5-4-6-15(16)9-11-20(18)30-2/h4-13H,3H2,1-2H3,(H2,25,26,28,29)/b24-13+. The molecule has 148 valence electrons. The van der Waals surface area contributed by atoms with Crippen LogP contribution in [0.15, 0.2) is 59.7 Å². The lowest BCUT2D eigenvalue weighted by Crippen LogP contribution is -2.00. The molecule has 0 fully saturated rings. The number of H-pyrrole nitrogens is 1. The molecule has 7 nitrogen and oxygen atoms in total. The second-order valence-corrected chi connectivity index (χ2v) is 6.96. The lowest BCUT2D eigenvalue weighted by atomic mass is 10.0. The molecule has 0 saturated carbocycles. The van der Waals surface area contributed by atoms with E-state index >= 15 is 0 Å². The molecule has 2 N–H and O–H groups in total.